The number of rotatable bonds is 4. The number of methoxy groups -OCH3 is 2. The molecule has 2 aromatic carbocycles. The number of ether oxygens (including phenoxy) is 2. The SMILES string of the molecule is COc1ccc(-c2nc3sc4c(c3c(=O)n2N)CCC(C#N)(c2ccccc2)C4)cc1OC. The molecule has 1 atom stereocenters. The fourth-order valence-electron chi connectivity index (χ4n) is 4.61. The molecule has 0 radical (unpaired) electrons. The summed E-state index contributed by atoms with van der Waals surface area (Å²) in [5.41, 5.74) is 1.73. The molecule has 0 bridgehead atoms. The second kappa shape index (κ2) is 7.94. The smallest absolute Gasteiger partial charge is 0.281 e. The summed E-state index contributed by atoms with van der Waals surface area (Å²) >= 11 is 1.47. The third-order valence-corrected chi connectivity index (χ3v) is 7.51. The van der Waals surface area contributed by atoms with Crippen LogP contribution < -0.4 is 20.9 Å². The maximum absolute atomic E-state index is 13.3. The number of hydrogen-bond acceptors (Lipinski definition) is 7. The zero-order valence-corrected chi connectivity index (χ0v) is 19.1. The van der Waals surface area contributed by atoms with E-state index >= 15 is 0 Å². The fourth-order valence-corrected chi connectivity index (χ4v) is 5.94. The van der Waals surface area contributed by atoms with Crippen LogP contribution in [0.4, 0.5) is 0 Å². The first-order chi connectivity index (χ1) is 16.0. The van der Waals surface area contributed by atoms with Crippen LogP contribution in [0, 0.1) is 11.3 Å². The number of nitrogens with zero attached hydrogens (tertiary/aromatic N) is 3. The van der Waals surface area contributed by atoms with Crippen LogP contribution in [0.2, 0.25) is 0 Å². The average Bonchev–Trinajstić information content (AvgIpc) is 3.23. The molecule has 0 fully saturated rings. The van der Waals surface area contributed by atoms with Crippen LogP contribution in [0.15, 0.2) is 53.3 Å². The molecule has 7 nitrogen and oxygen atoms in total. The number of fused-ring (bicyclic) bond motifs is 3. The summed E-state index contributed by atoms with van der Waals surface area (Å²) in [6, 6.07) is 17.7. The van der Waals surface area contributed by atoms with E-state index in [1.807, 2.05) is 30.3 Å². The Kier molecular flexibility index (Phi) is 5.06. The normalized spacial score (nSPS) is 17.4. The molecule has 1 unspecified atom stereocenters. The molecular formula is C25H22N4O3S. The van der Waals surface area contributed by atoms with Gasteiger partial charge in [0.05, 0.1) is 31.1 Å². The molecule has 1 aliphatic rings. The third-order valence-electron chi connectivity index (χ3n) is 6.39. The molecule has 1 aliphatic carbocycles. The lowest BCUT2D eigenvalue weighted by Crippen LogP contribution is -2.33. The van der Waals surface area contributed by atoms with Crippen molar-refractivity contribution in [2.75, 3.05) is 20.1 Å². The van der Waals surface area contributed by atoms with E-state index in [0.717, 1.165) is 20.7 Å². The first-order valence-electron chi connectivity index (χ1n) is 10.5. The summed E-state index contributed by atoms with van der Waals surface area (Å²) in [6.45, 7) is 0. The van der Waals surface area contributed by atoms with Crippen molar-refractivity contribution < 1.29 is 9.47 Å². The molecule has 8 heteroatoms. The molecule has 4 aromatic rings. The molecule has 0 saturated carbocycles. The minimum absolute atomic E-state index is 0.286. The van der Waals surface area contributed by atoms with Gasteiger partial charge in [-0.1, -0.05) is 30.3 Å². The Labute approximate surface area is 194 Å². The van der Waals surface area contributed by atoms with E-state index in [4.69, 9.17) is 20.3 Å². The third kappa shape index (κ3) is 3.24. The highest BCUT2D eigenvalue weighted by Gasteiger charge is 2.38. The van der Waals surface area contributed by atoms with Crippen LogP contribution >= 0.6 is 11.3 Å². The highest BCUT2D eigenvalue weighted by molar-refractivity contribution is 7.18. The van der Waals surface area contributed by atoms with Gasteiger partial charge in [-0.3, -0.25) is 4.79 Å². The molecule has 33 heavy (non-hydrogen) atoms. The van der Waals surface area contributed by atoms with E-state index in [-0.39, 0.29) is 5.56 Å². The van der Waals surface area contributed by atoms with Crippen molar-refractivity contribution in [2.24, 2.45) is 0 Å². The number of hydrogen-bond donors (Lipinski definition) is 1. The van der Waals surface area contributed by atoms with Crippen LogP contribution in [0.1, 0.15) is 22.4 Å². The predicted octanol–water partition coefficient (Wildman–Crippen LogP) is 3.81. The quantitative estimate of drug-likeness (QED) is 0.467. The average molecular weight is 459 g/mol. The van der Waals surface area contributed by atoms with Gasteiger partial charge in [0.25, 0.3) is 5.56 Å². The second-order valence-electron chi connectivity index (χ2n) is 8.10. The largest absolute Gasteiger partial charge is 0.493 e. The zero-order valence-electron chi connectivity index (χ0n) is 18.3. The van der Waals surface area contributed by atoms with Crippen LogP contribution in [-0.2, 0) is 18.3 Å². The van der Waals surface area contributed by atoms with Gasteiger partial charge in [0.2, 0.25) is 0 Å². The van der Waals surface area contributed by atoms with Gasteiger partial charge < -0.3 is 15.3 Å². The van der Waals surface area contributed by atoms with Crippen LogP contribution in [-0.4, -0.2) is 23.9 Å². The molecular weight excluding hydrogens is 436 g/mol. The molecule has 2 heterocycles. The summed E-state index contributed by atoms with van der Waals surface area (Å²) in [6.07, 6.45) is 1.83. The van der Waals surface area contributed by atoms with Crippen molar-refractivity contribution in [2.45, 2.75) is 24.7 Å². The van der Waals surface area contributed by atoms with E-state index in [9.17, 15) is 10.1 Å². The first-order valence-corrected chi connectivity index (χ1v) is 11.3. The lowest BCUT2D eigenvalue weighted by Gasteiger charge is -2.31. The summed E-state index contributed by atoms with van der Waals surface area (Å²) in [5.74, 6) is 7.68. The van der Waals surface area contributed by atoms with Crippen LogP contribution in [0.25, 0.3) is 21.6 Å². The molecule has 0 aliphatic heterocycles. The lowest BCUT2D eigenvalue weighted by atomic mass is 9.70. The van der Waals surface area contributed by atoms with Crippen LogP contribution in [0.5, 0.6) is 11.5 Å². The van der Waals surface area contributed by atoms with Crippen molar-refractivity contribution in [3.05, 3.63) is 74.9 Å². The molecule has 0 amide bonds. The Hall–Kier alpha value is -3.83. The van der Waals surface area contributed by atoms with Crippen LogP contribution in [0.3, 0.4) is 0 Å². The minimum Gasteiger partial charge on any atom is -0.493 e. The number of nitrogens with two attached hydrogens (primary N) is 1. The molecule has 2 N–H and O–H groups in total. The van der Waals surface area contributed by atoms with Crippen molar-refractivity contribution in [1.82, 2.24) is 9.66 Å². The van der Waals surface area contributed by atoms with Crippen molar-refractivity contribution in [3.63, 3.8) is 0 Å². The van der Waals surface area contributed by atoms with Crippen molar-refractivity contribution >= 4 is 21.6 Å². The number of thiophene rings is 1. The van der Waals surface area contributed by atoms with Gasteiger partial charge >= 0.3 is 0 Å². The Morgan fingerprint density at radius 2 is 1.91 bits per heavy atom. The number of benzene rings is 2. The van der Waals surface area contributed by atoms with Gasteiger partial charge in [0, 0.05) is 16.9 Å². The monoisotopic (exact) mass is 458 g/mol. The van der Waals surface area contributed by atoms with Gasteiger partial charge in [-0.25, -0.2) is 9.66 Å². The molecule has 166 valence electrons. The maximum Gasteiger partial charge on any atom is 0.281 e. The summed E-state index contributed by atoms with van der Waals surface area (Å²) in [4.78, 5) is 19.7. The second-order valence-corrected chi connectivity index (χ2v) is 9.18. The molecule has 2 aromatic heterocycles. The summed E-state index contributed by atoms with van der Waals surface area (Å²) in [5, 5.41) is 10.7. The Balaban J connectivity index is 1.64. The van der Waals surface area contributed by atoms with Crippen molar-refractivity contribution in [1.29, 1.82) is 5.26 Å². The van der Waals surface area contributed by atoms with E-state index in [1.165, 1.54) is 11.3 Å². The van der Waals surface area contributed by atoms with E-state index in [2.05, 4.69) is 6.07 Å². The van der Waals surface area contributed by atoms with E-state index < -0.39 is 5.41 Å². The number of aryl methyl sites for hydroxylation is 1. The van der Waals surface area contributed by atoms with Gasteiger partial charge in [-0.2, -0.15) is 5.26 Å². The van der Waals surface area contributed by atoms with E-state index in [0.29, 0.717) is 52.4 Å². The summed E-state index contributed by atoms with van der Waals surface area (Å²) in [7, 11) is 3.11. The van der Waals surface area contributed by atoms with Crippen molar-refractivity contribution in [3.8, 4) is 29.0 Å². The highest BCUT2D eigenvalue weighted by atomic mass is 32.1. The Morgan fingerprint density at radius 3 is 2.61 bits per heavy atom. The van der Waals surface area contributed by atoms with Gasteiger partial charge in [0.1, 0.15) is 4.83 Å². The fraction of sp³-hybridized carbons (Fsp3) is 0.240. The number of aromatic nitrogens is 2. The first kappa shape index (κ1) is 21.0. The number of nitrogen functional groups attached to an aromatic ring is 1. The summed E-state index contributed by atoms with van der Waals surface area (Å²) < 4.78 is 11.8. The Bertz CT molecular complexity index is 1470. The Morgan fingerprint density at radius 1 is 1.15 bits per heavy atom. The minimum atomic E-state index is -0.608. The zero-order chi connectivity index (χ0) is 23.2. The topological polar surface area (TPSA) is 103 Å². The van der Waals surface area contributed by atoms with Gasteiger partial charge in [-0.05, 0) is 42.2 Å². The maximum atomic E-state index is 13.3. The standard InChI is InChI=1S/C25H22N4O3S/c1-31-18-9-8-15(12-19(18)32-2)22-28-23-21(24(30)29(22)27)17-10-11-25(14-26,13-20(17)33-23)16-6-4-3-5-7-16/h3-9,12H,10-11,13,27H2,1-2H3. The molecule has 0 spiro atoms. The lowest BCUT2D eigenvalue weighted by molar-refractivity contribution is 0.355. The van der Waals surface area contributed by atoms with E-state index in [1.54, 1.807) is 32.4 Å². The highest BCUT2D eigenvalue weighted by Crippen LogP contribution is 2.43. The van der Waals surface area contributed by atoms with Gasteiger partial charge in [-0.15, -0.1) is 11.3 Å². The molecule has 0 saturated heterocycles. The number of nitriles is 1. The molecule has 5 rings (SSSR count). The predicted molar refractivity (Wildman–Crippen MR) is 128 cm³/mol. The van der Waals surface area contributed by atoms with Gasteiger partial charge in [0.15, 0.2) is 17.3 Å².